The highest BCUT2D eigenvalue weighted by Gasteiger charge is 2.17. The van der Waals surface area contributed by atoms with Crippen molar-refractivity contribution in [3.63, 3.8) is 0 Å². The van der Waals surface area contributed by atoms with E-state index in [1.165, 1.54) is 6.42 Å². The number of piperidine rings is 1. The molecule has 0 atom stereocenters. The zero-order valence-corrected chi connectivity index (χ0v) is 13.6. The lowest BCUT2D eigenvalue weighted by atomic mass is 10.1. The van der Waals surface area contributed by atoms with Gasteiger partial charge in [0.05, 0.1) is 11.9 Å². The lowest BCUT2D eigenvalue weighted by Crippen LogP contribution is -2.31. The molecule has 0 aliphatic carbocycles. The fourth-order valence-electron chi connectivity index (χ4n) is 2.70. The Balaban J connectivity index is 1.78. The second kappa shape index (κ2) is 6.76. The minimum Gasteiger partial charge on any atom is -0.341 e. The number of anilines is 2. The Hall–Kier alpha value is -2.44. The number of aromatic nitrogens is 4. The first-order valence-electron chi connectivity index (χ1n) is 8.10. The fraction of sp³-hybridized carbons (Fsp3) is 0.500. The van der Waals surface area contributed by atoms with Crippen molar-refractivity contribution in [3.05, 3.63) is 29.8 Å². The van der Waals surface area contributed by atoms with Crippen LogP contribution in [0.4, 0.5) is 11.6 Å². The van der Waals surface area contributed by atoms with Gasteiger partial charge in [-0.05, 0) is 39.2 Å². The molecule has 2 aromatic rings. The van der Waals surface area contributed by atoms with Crippen LogP contribution in [0.25, 0.3) is 0 Å². The van der Waals surface area contributed by atoms with Crippen LogP contribution >= 0.6 is 0 Å². The van der Waals surface area contributed by atoms with Crippen molar-refractivity contribution in [3.8, 4) is 0 Å². The van der Waals surface area contributed by atoms with Gasteiger partial charge in [-0.15, -0.1) is 0 Å². The third kappa shape index (κ3) is 3.67. The Bertz CT molecular complexity index is 690. The second-order valence-electron chi connectivity index (χ2n) is 5.78. The quantitative estimate of drug-likeness (QED) is 0.936. The first-order valence-corrected chi connectivity index (χ1v) is 8.10. The summed E-state index contributed by atoms with van der Waals surface area (Å²) in [5, 5.41) is 6.99. The number of aryl methyl sites for hydroxylation is 2. The molecule has 0 saturated carbocycles. The number of carbonyl (C=O) groups excluding carboxylic acids is 1. The van der Waals surface area contributed by atoms with Crippen LogP contribution in [0, 0.1) is 6.92 Å². The van der Waals surface area contributed by atoms with Gasteiger partial charge in [0.2, 0.25) is 5.95 Å². The highest BCUT2D eigenvalue weighted by atomic mass is 16.1. The molecular formula is C16H22N6O. The number of nitrogens with one attached hydrogen (secondary N) is 1. The Morgan fingerprint density at radius 3 is 2.74 bits per heavy atom. The maximum atomic E-state index is 12.4. The zero-order valence-electron chi connectivity index (χ0n) is 13.6. The van der Waals surface area contributed by atoms with Gasteiger partial charge in [0.15, 0.2) is 0 Å². The van der Waals surface area contributed by atoms with Gasteiger partial charge in [-0.25, -0.2) is 9.97 Å². The van der Waals surface area contributed by atoms with Crippen molar-refractivity contribution >= 4 is 17.5 Å². The molecule has 3 rings (SSSR count). The third-order valence-corrected chi connectivity index (χ3v) is 3.93. The summed E-state index contributed by atoms with van der Waals surface area (Å²) in [5.74, 6) is 0.420. The van der Waals surface area contributed by atoms with E-state index in [2.05, 4.69) is 25.3 Å². The third-order valence-electron chi connectivity index (χ3n) is 3.93. The zero-order chi connectivity index (χ0) is 16.2. The van der Waals surface area contributed by atoms with Crippen molar-refractivity contribution in [1.29, 1.82) is 0 Å². The molecule has 1 aliphatic heterocycles. The number of rotatable bonds is 4. The normalized spacial score (nSPS) is 14.8. The monoisotopic (exact) mass is 314 g/mol. The van der Waals surface area contributed by atoms with Gasteiger partial charge in [-0.2, -0.15) is 5.10 Å². The van der Waals surface area contributed by atoms with E-state index in [1.807, 2.05) is 13.8 Å². The van der Waals surface area contributed by atoms with Crippen molar-refractivity contribution in [2.75, 3.05) is 23.3 Å². The summed E-state index contributed by atoms with van der Waals surface area (Å²) in [5.41, 5.74) is 1.87. The van der Waals surface area contributed by atoms with E-state index in [9.17, 15) is 4.79 Å². The predicted molar refractivity (Wildman–Crippen MR) is 88.7 cm³/mol. The summed E-state index contributed by atoms with van der Waals surface area (Å²) >= 11 is 0. The molecule has 7 nitrogen and oxygen atoms in total. The highest BCUT2D eigenvalue weighted by Crippen LogP contribution is 2.17. The van der Waals surface area contributed by atoms with Gasteiger partial charge in [0.25, 0.3) is 5.91 Å². The molecule has 3 heterocycles. The number of hydrogen-bond acceptors (Lipinski definition) is 5. The number of hydrogen-bond donors (Lipinski definition) is 1. The van der Waals surface area contributed by atoms with Crippen LogP contribution in [0.2, 0.25) is 0 Å². The molecule has 0 bridgehead atoms. The van der Waals surface area contributed by atoms with E-state index in [1.54, 1.807) is 23.1 Å². The van der Waals surface area contributed by atoms with Crippen LogP contribution in [-0.4, -0.2) is 38.7 Å². The molecule has 0 radical (unpaired) electrons. The maximum absolute atomic E-state index is 12.4. The van der Waals surface area contributed by atoms with Crippen molar-refractivity contribution in [1.82, 2.24) is 19.7 Å². The number of amides is 1. The summed E-state index contributed by atoms with van der Waals surface area (Å²) < 4.78 is 1.76. The van der Waals surface area contributed by atoms with E-state index < -0.39 is 0 Å². The predicted octanol–water partition coefficient (Wildman–Crippen LogP) is 2.24. The van der Waals surface area contributed by atoms with Crippen molar-refractivity contribution < 1.29 is 4.79 Å². The Kier molecular flexibility index (Phi) is 4.55. The Labute approximate surface area is 135 Å². The van der Waals surface area contributed by atoms with E-state index >= 15 is 0 Å². The molecule has 1 amide bonds. The average Bonchev–Trinajstić information content (AvgIpc) is 3.02. The molecule has 0 aromatic carbocycles. The molecular weight excluding hydrogens is 292 g/mol. The first kappa shape index (κ1) is 15.5. The van der Waals surface area contributed by atoms with Gasteiger partial charge < -0.3 is 10.2 Å². The van der Waals surface area contributed by atoms with Gasteiger partial charge in [-0.1, -0.05) is 0 Å². The maximum Gasteiger partial charge on any atom is 0.274 e. The number of nitrogens with zero attached hydrogens (tertiary/aromatic N) is 5. The van der Waals surface area contributed by atoms with E-state index in [0.717, 1.165) is 38.2 Å². The first-order chi connectivity index (χ1) is 11.2. The number of carbonyl (C=O) groups is 1. The van der Waals surface area contributed by atoms with E-state index in [0.29, 0.717) is 17.3 Å². The highest BCUT2D eigenvalue weighted by molar-refractivity contribution is 6.02. The van der Waals surface area contributed by atoms with E-state index in [4.69, 9.17) is 0 Å². The second-order valence-corrected chi connectivity index (χ2v) is 5.78. The van der Waals surface area contributed by atoms with Crippen molar-refractivity contribution in [2.45, 2.75) is 39.7 Å². The summed E-state index contributed by atoms with van der Waals surface area (Å²) in [6, 6.07) is 1.72. The van der Waals surface area contributed by atoms with Gasteiger partial charge in [-0.3, -0.25) is 9.48 Å². The van der Waals surface area contributed by atoms with Crippen LogP contribution in [0.3, 0.4) is 0 Å². The molecule has 1 saturated heterocycles. The van der Waals surface area contributed by atoms with Gasteiger partial charge in [0, 0.05) is 31.5 Å². The molecule has 122 valence electrons. The molecule has 1 N–H and O–H groups in total. The molecule has 1 fully saturated rings. The Morgan fingerprint density at radius 1 is 1.26 bits per heavy atom. The summed E-state index contributed by atoms with van der Waals surface area (Å²) in [6.45, 7) is 6.56. The molecule has 23 heavy (non-hydrogen) atoms. The molecule has 0 spiro atoms. The molecule has 7 heteroatoms. The largest absolute Gasteiger partial charge is 0.341 e. The van der Waals surface area contributed by atoms with Crippen LogP contribution in [-0.2, 0) is 6.54 Å². The molecule has 2 aromatic heterocycles. The topological polar surface area (TPSA) is 75.9 Å². The standard InChI is InChI=1S/C16H22N6O/c1-3-22-11-13(10-17-22)19-15(23)14-9-12(2)18-16(20-14)21-7-5-4-6-8-21/h9-11H,3-8H2,1-2H3,(H,19,23). The van der Waals surface area contributed by atoms with Crippen LogP contribution in [0.1, 0.15) is 42.4 Å². The van der Waals surface area contributed by atoms with Crippen molar-refractivity contribution in [2.24, 2.45) is 0 Å². The van der Waals surface area contributed by atoms with Gasteiger partial charge in [0.1, 0.15) is 5.69 Å². The summed E-state index contributed by atoms with van der Waals surface area (Å²) in [4.78, 5) is 23.5. The minimum absolute atomic E-state index is 0.232. The molecule has 1 aliphatic rings. The van der Waals surface area contributed by atoms with Crippen LogP contribution < -0.4 is 10.2 Å². The van der Waals surface area contributed by atoms with Crippen LogP contribution in [0.15, 0.2) is 18.5 Å². The minimum atomic E-state index is -0.232. The summed E-state index contributed by atoms with van der Waals surface area (Å²) in [6.07, 6.45) is 6.99. The van der Waals surface area contributed by atoms with E-state index in [-0.39, 0.29) is 5.91 Å². The lowest BCUT2D eigenvalue weighted by Gasteiger charge is -2.27. The van der Waals surface area contributed by atoms with Gasteiger partial charge >= 0.3 is 0 Å². The SMILES string of the molecule is CCn1cc(NC(=O)c2cc(C)nc(N3CCCCC3)n2)cn1. The average molecular weight is 314 g/mol. The smallest absolute Gasteiger partial charge is 0.274 e. The summed E-state index contributed by atoms with van der Waals surface area (Å²) in [7, 11) is 0. The lowest BCUT2D eigenvalue weighted by molar-refractivity contribution is 0.102. The molecule has 0 unspecified atom stereocenters. The fourth-order valence-corrected chi connectivity index (χ4v) is 2.70. The Morgan fingerprint density at radius 2 is 2.04 bits per heavy atom. The van der Waals surface area contributed by atoms with Crippen LogP contribution in [0.5, 0.6) is 0 Å².